The summed E-state index contributed by atoms with van der Waals surface area (Å²) >= 11 is 6.18. The Labute approximate surface area is 104 Å². The second-order valence-electron chi connectivity index (χ2n) is 4.34. The Balaban J connectivity index is 2.03. The van der Waals surface area contributed by atoms with Crippen molar-refractivity contribution in [1.29, 1.82) is 0 Å². The highest BCUT2D eigenvalue weighted by atomic mass is 35.5. The normalized spacial score (nSPS) is 16.8. The summed E-state index contributed by atoms with van der Waals surface area (Å²) in [7, 11) is 0. The van der Waals surface area contributed by atoms with Gasteiger partial charge in [0, 0.05) is 17.4 Å². The average Bonchev–Trinajstić information content (AvgIpc) is 2.96. The summed E-state index contributed by atoms with van der Waals surface area (Å²) in [6.45, 7) is 0. The number of carbonyl (C=O) groups excluding carboxylic acids is 1. The topological polar surface area (TPSA) is 34.9 Å². The van der Waals surface area contributed by atoms with Gasteiger partial charge in [-0.1, -0.05) is 29.8 Å². The molecule has 3 nitrogen and oxygen atoms in total. The van der Waals surface area contributed by atoms with Crippen molar-refractivity contribution < 1.29 is 4.79 Å². The number of rotatable bonds is 2. The first-order chi connectivity index (χ1) is 8.24. The van der Waals surface area contributed by atoms with E-state index in [1.165, 1.54) is 4.57 Å². The Kier molecular flexibility index (Phi) is 2.30. The molecule has 1 aliphatic carbocycles. The molecule has 0 spiro atoms. The summed E-state index contributed by atoms with van der Waals surface area (Å²) in [5, 5.41) is 0.665. The van der Waals surface area contributed by atoms with E-state index in [0.29, 0.717) is 5.02 Å². The van der Waals surface area contributed by atoms with Gasteiger partial charge < -0.3 is 0 Å². The van der Waals surface area contributed by atoms with E-state index in [1.54, 1.807) is 18.7 Å². The monoisotopic (exact) mass is 246 g/mol. The predicted molar refractivity (Wildman–Crippen MR) is 65.2 cm³/mol. The minimum Gasteiger partial charge on any atom is -0.276 e. The number of hydrogen-bond donors (Lipinski definition) is 0. The zero-order chi connectivity index (χ0) is 11.9. The van der Waals surface area contributed by atoms with Crippen LogP contribution in [0.2, 0.25) is 5.02 Å². The van der Waals surface area contributed by atoms with Gasteiger partial charge in [-0.3, -0.25) is 9.36 Å². The van der Waals surface area contributed by atoms with Crippen LogP contribution in [0, 0.1) is 0 Å². The van der Waals surface area contributed by atoms with Crippen LogP contribution in [0.15, 0.2) is 43.0 Å². The molecule has 86 valence electrons. The number of carbonyl (C=O) groups is 1. The summed E-state index contributed by atoms with van der Waals surface area (Å²) < 4.78 is 1.54. The van der Waals surface area contributed by atoms with E-state index in [0.717, 1.165) is 18.4 Å². The highest BCUT2D eigenvalue weighted by Crippen LogP contribution is 2.51. The molecule has 0 unspecified atom stereocenters. The molecule has 4 heteroatoms. The lowest BCUT2D eigenvalue weighted by Gasteiger charge is -2.15. The number of aromatic nitrogens is 2. The van der Waals surface area contributed by atoms with Crippen molar-refractivity contribution in [1.82, 2.24) is 9.55 Å². The fraction of sp³-hybridized carbons (Fsp3) is 0.231. The molecular weight excluding hydrogens is 236 g/mol. The van der Waals surface area contributed by atoms with Crippen molar-refractivity contribution in [2.75, 3.05) is 0 Å². The molecule has 1 heterocycles. The van der Waals surface area contributed by atoms with Crippen molar-refractivity contribution >= 4 is 17.5 Å². The maximum atomic E-state index is 12.4. The summed E-state index contributed by atoms with van der Waals surface area (Å²) in [6.07, 6.45) is 6.54. The average molecular weight is 247 g/mol. The Bertz CT molecular complexity index is 559. The van der Waals surface area contributed by atoms with E-state index in [1.807, 2.05) is 24.3 Å². The van der Waals surface area contributed by atoms with E-state index in [4.69, 9.17) is 11.6 Å². The number of nitrogens with zero attached hydrogens (tertiary/aromatic N) is 2. The fourth-order valence-corrected chi connectivity index (χ4v) is 2.52. The van der Waals surface area contributed by atoms with E-state index >= 15 is 0 Å². The molecule has 1 aromatic carbocycles. The van der Waals surface area contributed by atoms with Gasteiger partial charge in [-0.05, 0) is 24.5 Å². The maximum absolute atomic E-state index is 12.4. The van der Waals surface area contributed by atoms with Gasteiger partial charge in [0.2, 0.25) is 5.91 Å². The van der Waals surface area contributed by atoms with Crippen LogP contribution in [0.3, 0.4) is 0 Å². The van der Waals surface area contributed by atoms with Gasteiger partial charge in [0.1, 0.15) is 6.33 Å². The molecule has 0 aliphatic heterocycles. The smallest absolute Gasteiger partial charge is 0.242 e. The van der Waals surface area contributed by atoms with Gasteiger partial charge in [-0.2, -0.15) is 0 Å². The second-order valence-corrected chi connectivity index (χ2v) is 4.74. The molecule has 3 rings (SSSR count). The van der Waals surface area contributed by atoms with Crippen molar-refractivity contribution in [3.8, 4) is 0 Å². The lowest BCUT2D eigenvalue weighted by molar-refractivity contribution is 0.0862. The van der Waals surface area contributed by atoms with Crippen LogP contribution in [0.4, 0.5) is 0 Å². The van der Waals surface area contributed by atoms with Crippen molar-refractivity contribution in [3.63, 3.8) is 0 Å². The minimum absolute atomic E-state index is 0.0584. The minimum atomic E-state index is -0.432. The number of benzene rings is 1. The molecular formula is C13H11ClN2O. The van der Waals surface area contributed by atoms with Crippen LogP contribution < -0.4 is 0 Å². The molecule has 17 heavy (non-hydrogen) atoms. The highest BCUT2D eigenvalue weighted by molar-refractivity contribution is 6.31. The van der Waals surface area contributed by atoms with Crippen LogP contribution in [-0.2, 0) is 5.41 Å². The molecule has 1 fully saturated rings. The van der Waals surface area contributed by atoms with Crippen LogP contribution in [-0.4, -0.2) is 15.5 Å². The zero-order valence-corrected chi connectivity index (χ0v) is 9.89. The fourth-order valence-electron chi connectivity index (χ4n) is 2.20. The SMILES string of the molecule is O=C(n1ccnc1)C1(c2ccccc2Cl)CC1. The van der Waals surface area contributed by atoms with Gasteiger partial charge in [0.25, 0.3) is 0 Å². The summed E-state index contributed by atoms with van der Waals surface area (Å²) in [5.41, 5.74) is 0.499. The summed E-state index contributed by atoms with van der Waals surface area (Å²) in [5.74, 6) is 0.0584. The Morgan fingerprint density at radius 2 is 2.12 bits per heavy atom. The maximum Gasteiger partial charge on any atom is 0.242 e. The van der Waals surface area contributed by atoms with E-state index in [-0.39, 0.29) is 5.91 Å². The van der Waals surface area contributed by atoms with Crippen LogP contribution in [0.1, 0.15) is 23.2 Å². The third-order valence-corrected chi connectivity index (χ3v) is 3.62. The van der Waals surface area contributed by atoms with Crippen LogP contribution >= 0.6 is 11.6 Å². The molecule has 0 radical (unpaired) electrons. The Morgan fingerprint density at radius 1 is 1.35 bits per heavy atom. The van der Waals surface area contributed by atoms with Crippen LogP contribution in [0.5, 0.6) is 0 Å². The third kappa shape index (κ3) is 1.58. The third-order valence-electron chi connectivity index (χ3n) is 3.29. The Hall–Kier alpha value is -1.61. The van der Waals surface area contributed by atoms with Gasteiger partial charge >= 0.3 is 0 Å². The molecule has 0 amide bonds. The first-order valence-corrected chi connectivity index (χ1v) is 5.90. The number of hydrogen-bond acceptors (Lipinski definition) is 2. The first-order valence-electron chi connectivity index (χ1n) is 5.52. The molecule has 1 aliphatic rings. The molecule has 1 aromatic heterocycles. The predicted octanol–water partition coefficient (Wildman–Crippen LogP) is 2.91. The number of imidazole rings is 1. The molecule has 0 bridgehead atoms. The summed E-state index contributed by atoms with van der Waals surface area (Å²) in [6, 6.07) is 7.56. The van der Waals surface area contributed by atoms with Gasteiger partial charge in [-0.15, -0.1) is 0 Å². The van der Waals surface area contributed by atoms with E-state index < -0.39 is 5.41 Å². The van der Waals surface area contributed by atoms with Crippen molar-refractivity contribution in [2.24, 2.45) is 0 Å². The number of halogens is 1. The lowest BCUT2D eigenvalue weighted by Crippen LogP contribution is -2.26. The van der Waals surface area contributed by atoms with Crippen molar-refractivity contribution in [3.05, 3.63) is 53.6 Å². The summed E-state index contributed by atoms with van der Waals surface area (Å²) in [4.78, 5) is 16.3. The molecule has 1 saturated carbocycles. The van der Waals surface area contributed by atoms with E-state index in [2.05, 4.69) is 4.98 Å². The van der Waals surface area contributed by atoms with E-state index in [9.17, 15) is 4.79 Å². The lowest BCUT2D eigenvalue weighted by atomic mass is 9.95. The molecule has 2 aromatic rings. The Morgan fingerprint density at radius 3 is 2.71 bits per heavy atom. The molecule has 0 atom stereocenters. The zero-order valence-electron chi connectivity index (χ0n) is 9.14. The van der Waals surface area contributed by atoms with Gasteiger partial charge in [0.05, 0.1) is 5.41 Å². The van der Waals surface area contributed by atoms with Gasteiger partial charge in [0.15, 0.2) is 0 Å². The molecule has 0 N–H and O–H groups in total. The molecule has 0 saturated heterocycles. The van der Waals surface area contributed by atoms with Crippen molar-refractivity contribution in [2.45, 2.75) is 18.3 Å². The first kappa shape index (κ1) is 10.5. The second kappa shape index (κ2) is 3.70. The van der Waals surface area contributed by atoms with Crippen LogP contribution in [0.25, 0.3) is 0 Å². The largest absolute Gasteiger partial charge is 0.276 e. The quantitative estimate of drug-likeness (QED) is 0.817. The highest BCUT2D eigenvalue weighted by Gasteiger charge is 2.52. The van der Waals surface area contributed by atoms with Gasteiger partial charge in [-0.25, -0.2) is 4.98 Å². The standard InChI is InChI=1S/C13H11ClN2O/c14-11-4-2-1-3-10(11)13(5-6-13)12(17)16-8-7-15-9-16/h1-4,7-9H,5-6H2.